The molecule has 0 spiro atoms. The number of nitrogens with one attached hydrogen (secondary N) is 1. The fraction of sp³-hybridized carbons (Fsp3) is 0.100. The molecule has 1 rings (SSSR count). The summed E-state index contributed by atoms with van der Waals surface area (Å²) < 4.78 is 2.52. The molecule has 0 saturated heterocycles. The first kappa shape index (κ1) is 11.1. The molecule has 0 aliphatic rings. The number of allylic oxidation sites excluding steroid dienone is 1. The van der Waals surface area contributed by atoms with Crippen LogP contribution in [0.1, 0.15) is 5.56 Å². The molecule has 1 N–H and O–H groups in total. The molecule has 0 aliphatic carbocycles. The van der Waals surface area contributed by atoms with E-state index in [1.165, 1.54) is 0 Å². The van der Waals surface area contributed by atoms with Crippen LogP contribution in [0.4, 0.5) is 0 Å². The Hall–Kier alpha value is -0.930. The van der Waals surface area contributed by atoms with Gasteiger partial charge in [-0.1, -0.05) is 43.1 Å². The highest BCUT2D eigenvalue weighted by Gasteiger charge is 2.05. The lowest BCUT2D eigenvalue weighted by Gasteiger charge is -2.02. The van der Waals surface area contributed by atoms with Crippen LogP contribution < -0.4 is 4.72 Å². The van der Waals surface area contributed by atoms with Gasteiger partial charge in [-0.15, -0.1) is 11.6 Å². The number of benzene rings is 1. The molecule has 0 heterocycles. The third-order valence-corrected chi connectivity index (χ3v) is 2.14. The second-order valence-corrected chi connectivity index (χ2v) is 3.13. The molecule has 0 aliphatic heterocycles. The summed E-state index contributed by atoms with van der Waals surface area (Å²) in [7, 11) is 0. The highest BCUT2D eigenvalue weighted by Crippen LogP contribution is 2.06. The number of carbonyl (C=O) groups excluding carboxylic acids is 1. The maximum atomic E-state index is 11.2. The van der Waals surface area contributed by atoms with Crippen molar-refractivity contribution < 1.29 is 4.79 Å². The fourth-order valence-electron chi connectivity index (χ4n) is 0.963. The molecule has 4 heteroatoms. The average molecular weight is 228 g/mol. The zero-order valence-electron chi connectivity index (χ0n) is 7.40. The number of alkyl halides is 1. The summed E-state index contributed by atoms with van der Waals surface area (Å²) in [6.07, 6.45) is 1.71. The molecule has 14 heavy (non-hydrogen) atoms. The first-order valence-electron chi connectivity index (χ1n) is 4.04. The molecule has 74 valence electrons. The molecule has 0 saturated carbocycles. The van der Waals surface area contributed by atoms with E-state index in [2.05, 4.69) is 17.5 Å². The molecular weight excluding hydrogens is 218 g/mol. The van der Waals surface area contributed by atoms with E-state index >= 15 is 0 Å². The molecule has 0 atom stereocenters. The second kappa shape index (κ2) is 5.73. The smallest absolute Gasteiger partial charge is 0.194 e. The van der Waals surface area contributed by atoms with Crippen LogP contribution in [0.5, 0.6) is 0 Å². The van der Waals surface area contributed by atoms with Crippen LogP contribution in [0, 0.1) is 0 Å². The first-order valence-corrected chi connectivity index (χ1v) is 5.02. The molecular formula is C10H10ClNOS. The zero-order chi connectivity index (χ0) is 10.4. The van der Waals surface area contributed by atoms with E-state index in [9.17, 15) is 4.79 Å². The molecule has 0 fully saturated rings. The third-order valence-electron chi connectivity index (χ3n) is 1.65. The summed E-state index contributed by atoms with van der Waals surface area (Å²) in [6, 6.07) is 9.49. The number of rotatable bonds is 4. The maximum Gasteiger partial charge on any atom is 0.194 e. The summed E-state index contributed by atoms with van der Waals surface area (Å²) in [5.74, 6) is -0.225. The number of hydrogen-bond acceptors (Lipinski definition) is 3. The van der Waals surface area contributed by atoms with E-state index in [1.54, 1.807) is 6.08 Å². The molecule has 1 aromatic rings. The Balaban J connectivity index is 2.89. The number of carbonyl (C=O) groups is 1. The molecule has 1 aromatic carbocycles. The van der Waals surface area contributed by atoms with Crippen molar-refractivity contribution in [1.82, 2.24) is 4.72 Å². The van der Waals surface area contributed by atoms with E-state index in [-0.39, 0.29) is 11.7 Å². The SMILES string of the molecule is O=C(CCl)/C(=C\c1ccccc1)NS. The molecule has 0 aromatic heterocycles. The summed E-state index contributed by atoms with van der Waals surface area (Å²) >= 11 is 9.27. The van der Waals surface area contributed by atoms with Gasteiger partial charge in [0.25, 0.3) is 0 Å². The van der Waals surface area contributed by atoms with Crippen molar-refractivity contribution >= 4 is 36.3 Å². The topological polar surface area (TPSA) is 29.1 Å². The molecule has 0 radical (unpaired) electrons. The quantitative estimate of drug-likeness (QED) is 0.470. The Labute approximate surface area is 93.5 Å². The number of halogens is 1. The lowest BCUT2D eigenvalue weighted by molar-refractivity contribution is -0.113. The molecule has 0 bridgehead atoms. The predicted molar refractivity (Wildman–Crippen MR) is 62.3 cm³/mol. The Morgan fingerprint density at radius 1 is 1.43 bits per heavy atom. The summed E-state index contributed by atoms with van der Waals surface area (Å²) in [5, 5.41) is 0. The second-order valence-electron chi connectivity index (χ2n) is 2.64. The van der Waals surface area contributed by atoms with Crippen molar-refractivity contribution in [2.45, 2.75) is 0 Å². The summed E-state index contributed by atoms with van der Waals surface area (Å²) in [5.41, 5.74) is 1.33. The predicted octanol–water partition coefficient (Wildman–Crippen LogP) is 2.27. The van der Waals surface area contributed by atoms with Gasteiger partial charge in [0.2, 0.25) is 0 Å². The minimum atomic E-state index is -0.175. The Morgan fingerprint density at radius 2 is 2.07 bits per heavy atom. The van der Waals surface area contributed by atoms with Gasteiger partial charge in [-0.05, 0) is 11.6 Å². The van der Waals surface area contributed by atoms with Crippen molar-refractivity contribution in [2.24, 2.45) is 0 Å². The van der Waals surface area contributed by atoms with Gasteiger partial charge < -0.3 is 4.72 Å². The van der Waals surface area contributed by atoms with Gasteiger partial charge in [-0.25, -0.2) is 0 Å². The van der Waals surface area contributed by atoms with Gasteiger partial charge >= 0.3 is 0 Å². The van der Waals surface area contributed by atoms with Crippen LogP contribution in [0.25, 0.3) is 6.08 Å². The van der Waals surface area contributed by atoms with Gasteiger partial charge in [0.15, 0.2) is 5.78 Å². The Bertz CT molecular complexity index is 337. The number of thiol groups is 1. The molecule has 2 nitrogen and oxygen atoms in total. The Kier molecular flexibility index (Phi) is 4.56. The lowest BCUT2D eigenvalue weighted by atomic mass is 10.2. The van der Waals surface area contributed by atoms with Crippen molar-refractivity contribution in [3.8, 4) is 0 Å². The number of Topliss-reactive ketones (excluding diaryl/α,β-unsaturated/α-hetero) is 1. The van der Waals surface area contributed by atoms with Crippen LogP contribution in [-0.2, 0) is 4.79 Å². The van der Waals surface area contributed by atoms with Crippen molar-refractivity contribution in [2.75, 3.05) is 5.88 Å². The number of ketones is 1. The van der Waals surface area contributed by atoms with E-state index in [0.29, 0.717) is 5.70 Å². The van der Waals surface area contributed by atoms with E-state index < -0.39 is 0 Å². The number of hydrogen-bond donors (Lipinski definition) is 2. The average Bonchev–Trinajstić information content (AvgIpc) is 2.26. The van der Waals surface area contributed by atoms with Crippen molar-refractivity contribution in [1.29, 1.82) is 0 Å². The fourth-order valence-corrected chi connectivity index (χ4v) is 1.30. The minimum absolute atomic E-state index is 0.0494. The van der Waals surface area contributed by atoms with Crippen molar-refractivity contribution in [3.05, 3.63) is 41.6 Å². The Morgan fingerprint density at radius 3 is 2.57 bits per heavy atom. The largest absolute Gasteiger partial charge is 0.329 e. The lowest BCUT2D eigenvalue weighted by Crippen LogP contribution is -2.12. The van der Waals surface area contributed by atoms with E-state index in [4.69, 9.17) is 11.6 Å². The maximum absolute atomic E-state index is 11.2. The molecule has 0 unspecified atom stereocenters. The van der Waals surface area contributed by atoms with Crippen LogP contribution in [0.3, 0.4) is 0 Å². The first-order chi connectivity index (χ1) is 6.77. The van der Waals surface area contributed by atoms with Gasteiger partial charge in [-0.3, -0.25) is 4.79 Å². The van der Waals surface area contributed by atoms with Crippen LogP contribution in [0.2, 0.25) is 0 Å². The van der Waals surface area contributed by atoms with Crippen LogP contribution in [-0.4, -0.2) is 11.7 Å². The monoisotopic (exact) mass is 227 g/mol. The van der Waals surface area contributed by atoms with E-state index in [1.807, 2.05) is 30.3 Å². The van der Waals surface area contributed by atoms with Crippen LogP contribution >= 0.6 is 24.4 Å². The highest BCUT2D eigenvalue weighted by molar-refractivity contribution is 7.78. The van der Waals surface area contributed by atoms with Gasteiger partial charge in [0, 0.05) is 0 Å². The normalized spacial score (nSPS) is 11.1. The van der Waals surface area contributed by atoms with Gasteiger partial charge in [-0.2, -0.15) is 0 Å². The summed E-state index contributed by atoms with van der Waals surface area (Å²) in [4.78, 5) is 11.2. The van der Waals surface area contributed by atoms with E-state index in [0.717, 1.165) is 5.56 Å². The third kappa shape index (κ3) is 3.09. The van der Waals surface area contributed by atoms with Gasteiger partial charge in [0.05, 0.1) is 11.6 Å². The van der Waals surface area contributed by atoms with Gasteiger partial charge in [0.1, 0.15) is 0 Å². The standard InChI is InChI=1S/C10H10ClNOS/c11-7-10(13)9(12-14)6-8-4-2-1-3-5-8/h1-6,12,14H,7H2/b9-6+. The molecule has 0 amide bonds. The zero-order valence-corrected chi connectivity index (χ0v) is 9.05. The highest BCUT2D eigenvalue weighted by atomic mass is 35.5. The minimum Gasteiger partial charge on any atom is -0.329 e. The summed E-state index contributed by atoms with van der Waals surface area (Å²) in [6.45, 7) is 0. The van der Waals surface area contributed by atoms with Crippen LogP contribution in [0.15, 0.2) is 36.0 Å². The van der Waals surface area contributed by atoms with Crippen molar-refractivity contribution in [3.63, 3.8) is 0 Å².